The lowest BCUT2D eigenvalue weighted by Gasteiger charge is -2.35. The number of nitrogens with one attached hydrogen (secondary N) is 2. The van der Waals surface area contributed by atoms with Crippen molar-refractivity contribution in [2.45, 2.75) is 322 Å². The van der Waals surface area contributed by atoms with Crippen LogP contribution in [0.3, 0.4) is 0 Å². The number of nitrogens with zero attached hydrogens (tertiary/aromatic N) is 6. The quantitative estimate of drug-likeness (QED) is 0.0265. The van der Waals surface area contributed by atoms with Gasteiger partial charge in [0.25, 0.3) is 43.7 Å². The van der Waals surface area contributed by atoms with Gasteiger partial charge in [-0.25, -0.2) is 46.2 Å². The van der Waals surface area contributed by atoms with Gasteiger partial charge in [-0.05, 0) is 186 Å². The molecule has 3 atom stereocenters. The number of rotatable bonds is 51. The maximum atomic E-state index is 15.1. The Morgan fingerprint density at radius 2 is 0.921 bits per heavy atom. The van der Waals surface area contributed by atoms with Crippen LogP contribution in [0.1, 0.15) is 273 Å². The lowest BCUT2D eigenvalue weighted by atomic mass is 9.87. The summed E-state index contributed by atoms with van der Waals surface area (Å²) >= 11 is 2.97. The lowest BCUT2D eigenvalue weighted by Crippen LogP contribution is -2.59. The highest BCUT2D eigenvalue weighted by molar-refractivity contribution is 7.99. The Kier molecular flexibility index (Phi) is 38.6. The first-order valence-corrected chi connectivity index (χ1v) is 50.3. The third kappa shape index (κ3) is 27.5. The van der Waals surface area contributed by atoms with E-state index in [0.717, 1.165) is 154 Å². The van der Waals surface area contributed by atoms with Gasteiger partial charge in [-0.1, -0.05) is 244 Å². The van der Waals surface area contributed by atoms with Crippen molar-refractivity contribution >= 4 is 114 Å². The van der Waals surface area contributed by atoms with E-state index in [1.165, 1.54) is 129 Å². The number of hydrogen-bond acceptors (Lipinski definition) is 20. The van der Waals surface area contributed by atoms with Crippen molar-refractivity contribution in [1.82, 2.24) is 18.4 Å². The number of methoxy groups -OCH3 is 2. The molecule has 28 heteroatoms. The molecule has 0 spiro atoms. The minimum Gasteiger partial charge on any atom is -0.497 e. The highest BCUT2D eigenvalue weighted by atomic mass is 32.2. The molecule has 24 nitrogen and oxygen atoms in total. The van der Waals surface area contributed by atoms with Gasteiger partial charge in [0.1, 0.15) is 32.8 Å². The number of carbonyl (C=O) groups excluding carboxylic acids is 6. The molecule has 6 aromatic rings. The number of thioether (sulfide) groups is 1. The average molecular weight is 1810 g/mol. The van der Waals surface area contributed by atoms with E-state index >= 15 is 4.79 Å². The normalized spacial score (nSPS) is 16.1. The summed E-state index contributed by atoms with van der Waals surface area (Å²) in [5, 5.41) is 6.00. The first-order chi connectivity index (χ1) is 60.3. The summed E-state index contributed by atoms with van der Waals surface area (Å²) in [6.07, 6.45) is 28.9. The van der Waals surface area contributed by atoms with Crippen LogP contribution < -0.4 is 29.6 Å². The molecule has 0 saturated carbocycles. The number of cyclic esters (lactones) is 2. The van der Waals surface area contributed by atoms with Gasteiger partial charge in [-0.3, -0.25) is 27.8 Å². The number of para-hydroxylation sites is 2. The molecule has 6 amide bonds. The van der Waals surface area contributed by atoms with Crippen LogP contribution in [0.2, 0.25) is 0 Å². The zero-order chi connectivity index (χ0) is 91.2. The number of aliphatic imine (C=N–C) groups is 2. The SMILES string of the molecule is CCCCCCCCCCCCCCCCCCN1C(C(C(=O)Nc2cc(OC)ccc2Sc2cc(C)ccc2OCC(CC)CCCC)N2C(=O)OC(C)(C)C2=O)=Nc2ccccc2S1(=O)=O.CCCCCCCCN1C(C(C(=O)Nc2cc(C(C)(C)C)ccc2SCCCCCOc2ccc(OC)cc2)N2C(=O)OC(C)(C)C2=O)=Nc2ccccc2S1(=O)=O. The molecule has 0 aromatic heterocycles. The molecule has 126 heavy (non-hydrogen) atoms. The fourth-order valence-electron chi connectivity index (χ4n) is 15.5. The van der Waals surface area contributed by atoms with Crippen molar-refractivity contribution in [3.8, 4) is 23.0 Å². The number of amides is 6. The number of fused-ring (bicyclic) bond motifs is 2. The Bertz CT molecular complexity index is 4930. The maximum Gasteiger partial charge on any atom is 0.418 e. The number of carbonyl (C=O) groups is 6. The van der Waals surface area contributed by atoms with Crippen molar-refractivity contribution in [3.63, 3.8) is 0 Å². The second-order valence-corrected chi connectivity index (χ2v) is 40.9. The minimum absolute atomic E-state index is 0.00801. The summed E-state index contributed by atoms with van der Waals surface area (Å²) in [5.74, 6) is 0.176. The molecule has 2 saturated heterocycles. The standard InChI is InChI=1S/C54H78N4O8S2.C44H58N4O8S2/c1-8-11-13-14-15-16-17-18-19-20-21-22-23-24-25-28-36-57-50(55-43-30-26-27-31-48(43)68(57,62)63)49(58-52(60)54(5,6)66-53(58)61)51(59)56-44-38-42(64-7)33-35-46(44)67-47-37-40(4)32-34-45(47)65-39-41(10-3)29-12-9-2;1-8-9-10-11-12-16-27-47-39(45-34-19-14-15-20-37(34)58(47,52)53)38(48-41(50)44(5,6)56-42(48)51)40(49)46-35-30-31(43(2,3)4)21-26-36(35)57-29-18-13-17-28-55-33-24-22-32(54-7)23-25-33/h26-27,30-35,37-38,41,49H,8-25,28-29,36,39H2,1-7H3,(H,56,59);14-15,19-26,30,38H,8-13,16-18,27-29H2,1-7H3,(H,46,49). The Labute approximate surface area is 758 Å². The lowest BCUT2D eigenvalue weighted by molar-refractivity contribution is -0.137. The third-order valence-electron chi connectivity index (χ3n) is 23.1. The van der Waals surface area contributed by atoms with Gasteiger partial charge in [0.15, 0.2) is 35.0 Å². The van der Waals surface area contributed by atoms with Crippen LogP contribution in [0.15, 0.2) is 162 Å². The molecule has 4 aliphatic heterocycles. The van der Waals surface area contributed by atoms with Crippen LogP contribution >= 0.6 is 23.5 Å². The summed E-state index contributed by atoms with van der Waals surface area (Å²) in [6.45, 7) is 23.9. The molecular formula is C98H136N8O16S4. The number of anilines is 2. The van der Waals surface area contributed by atoms with E-state index in [1.54, 1.807) is 67.4 Å². The van der Waals surface area contributed by atoms with Crippen molar-refractivity contribution in [2.24, 2.45) is 15.9 Å². The van der Waals surface area contributed by atoms with Gasteiger partial charge in [0.05, 0.1) is 55.1 Å². The Hall–Kier alpha value is -9.12. The third-order valence-corrected chi connectivity index (χ3v) is 29.1. The largest absolute Gasteiger partial charge is 0.497 e. The smallest absolute Gasteiger partial charge is 0.418 e. The monoisotopic (exact) mass is 1810 g/mol. The van der Waals surface area contributed by atoms with Crippen molar-refractivity contribution in [2.75, 3.05) is 56.9 Å². The molecule has 0 bridgehead atoms. The van der Waals surface area contributed by atoms with Gasteiger partial charge in [0, 0.05) is 28.9 Å². The molecule has 0 aliphatic carbocycles. The van der Waals surface area contributed by atoms with Crippen LogP contribution in [-0.4, -0.2) is 152 Å². The van der Waals surface area contributed by atoms with E-state index in [0.29, 0.717) is 64.6 Å². The molecule has 4 aliphatic rings. The first kappa shape index (κ1) is 101. The summed E-state index contributed by atoms with van der Waals surface area (Å²) in [4.78, 5) is 98.6. The van der Waals surface area contributed by atoms with E-state index < -0.39 is 79.1 Å². The van der Waals surface area contributed by atoms with Gasteiger partial charge in [-0.2, -0.15) is 0 Å². The van der Waals surface area contributed by atoms with E-state index in [-0.39, 0.29) is 51.3 Å². The highest BCUT2D eigenvalue weighted by Gasteiger charge is 2.57. The number of amidine groups is 2. The molecule has 2 N–H and O–H groups in total. The number of aryl methyl sites for hydroxylation is 1. The predicted molar refractivity (Wildman–Crippen MR) is 503 cm³/mol. The van der Waals surface area contributed by atoms with Crippen LogP contribution in [0, 0.1) is 12.8 Å². The number of hydrogen-bond donors (Lipinski definition) is 2. The molecule has 10 rings (SSSR count). The molecule has 6 aromatic carbocycles. The number of ether oxygens (including phenoxy) is 6. The van der Waals surface area contributed by atoms with Crippen molar-refractivity contribution < 1.29 is 74.0 Å². The van der Waals surface area contributed by atoms with E-state index in [4.69, 9.17) is 38.4 Å². The van der Waals surface area contributed by atoms with Crippen molar-refractivity contribution in [3.05, 3.63) is 139 Å². The minimum atomic E-state index is -4.29. The topological polar surface area (TPSA) is 288 Å². The van der Waals surface area contributed by atoms with E-state index in [1.807, 2.05) is 73.7 Å². The van der Waals surface area contributed by atoms with Crippen LogP contribution in [0.25, 0.3) is 0 Å². The summed E-state index contributed by atoms with van der Waals surface area (Å²) < 4.78 is 94.3. The van der Waals surface area contributed by atoms with Gasteiger partial charge < -0.3 is 39.1 Å². The summed E-state index contributed by atoms with van der Waals surface area (Å²) in [6, 6.07) is 33.6. The maximum absolute atomic E-state index is 15.1. The molecule has 2 fully saturated rings. The zero-order valence-corrected chi connectivity index (χ0v) is 80.0. The predicted octanol–water partition coefficient (Wildman–Crippen LogP) is 23.3. The highest BCUT2D eigenvalue weighted by Crippen LogP contribution is 2.44. The van der Waals surface area contributed by atoms with Gasteiger partial charge in [0.2, 0.25) is 0 Å². The average Bonchev–Trinajstić information content (AvgIpc) is 1.32. The Morgan fingerprint density at radius 3 is 1.37 bits per heavy atom. The van der Waals surface area contributed by atoms with Gasteiger partial charge in [-0.15, -0.1) is 11.8 Å². The van der Waals surface area contributed by atoms with Crippen LogP contribution in [-0.2, 0) is 54.1 Å². The second kappa shape index (κ2) is 48.3. The summed E-state index contributed by atoms with van der Waals surface area (Å²) in [7, 11) is -5.38. The molecule has 688 valence electrons. The van der Waals surface area contributed by atoms with Crippen molar-refractivity contribution in [1.29, 1.82) is 0 Å². The Balaban J connectivity index is 0.000000289. The molecule has 0 radical (unpaired) electrons. The van der Waals surface area contributed by atoms with E-state index in [2.05, 4.69) is 59.1 Å². The number of imide groups is 2. The van der Waals surface area contributed by atoms with Crippen LogP contribution in [0.4, 0.5) is 32.3 Å². The fraction of sp³-hybridized carbons (Fsp3) is 0.551. The second-order valence-electron chi connectivity index (χ2n) is 35.0. The van der Waals surface area contributed by atoms with Gasteiger partial charge >= 0.3 is 12.2 Å². The fourth-order valence-corrected chi connectivity index (χ4v) is 20.8. The van der Waals surface area contributed by atoms with Crippen LogP contribution in [0.5, 0.6) is 23.0 Å². The number of benzene rings is 6. The summed E-state index contributed by atoms with van der Waals surface area (Å²) in [5.41, 5.74) is -0.484. The molecular weight excluding hydrogens is 1670 g/mol. The number of sulfonamides is 2. The Morgan fingerprint density at radius 1 is 0.484 bits per heavy atom. The number of unbranched alkanes of at least 4 members (excludes halogenated alkanes) is 23. The molecule has 4 heterocycles. The molecule has 3 unspecified atom stereocenters. The van der Waals surface area contributed by atoms with E-state index in [9.17, 15) is 40.8 Å². The first-order valence-electron chi connectivity index (χ1n) is 45.6. The zero-order valence-electron chi connectivity index (χ0n) is 76.7.